The summed E-state index contributed by atoms with van der Waals surface area (Å²) in [4.78, 5) is 35.9. The van der Waals surface area contributed by atoms with Crippen molar-refractivity contribution in [2.45, 2.75) is 328 Å². The molecule has 0 saturated carbocycles. The fraction of sp³-hybridized carbons (Fsp3) is 0.690. The second kappa shape index (κ2) is 73.1. The zero-order chi connectivity index (χ0) is 68.3. The molecule has 0 spiro atoms. The predicted molar refractivity (Wildman–Crippen MR) is 408 cm³/mol. The smallest absolute Gasteiger partial charge is 0.462 e. The third-order valence-corrected chi connectivity index (χ3v) is 17.3. The normalized spacial score (nSPS) is 13.9. The third kappa shape index (κ3) is 76.9. The van der Waals surface area contributed by atoms with Gasteiger partial charge in [0, 0.05) is 12.8 Å². The van der Waals surface area contributed by atoms with Crippen molar-refractivity contribution in [3.63, 3.8) is 0 Å². The Morgan fingerprint density at radius 1 is 0.340 bits per heavy atom. The van der Waals surface area contributed by atoms with Gasteiger partial charge in [-0.15, -0.1) is 0 Å². The Bertz CT molecular complexity index is 2100. The van der Waals surface area contributed by atoms with Gasteiger partial charge < -0.3 is 18.9 Å². The molecule has 0 aliphatic heterocycles. The van der Waals surface area contributed by atoms with Crippen LogP contribution in [0.2, 0.25) is 0 Å². The minimum atomic E-state index is -4.41. The summed E-state index contributed by atoms with van der Waals surface area (Å²) < 4.78 is 34.8. The third-order valence-electron chi connectivity index (χ3n) is 16.4. The van der Waals surface area contributed by atoms with E-state index in [2.05, 4.69) is 160 Å². The molecule has 10 heteroatoms. The molecule has 0 bridgehead atoms. The van der Waals surface area contributed by atoms with Crippen LogP contribution in [0.15, 0.2) is 146 Å². The first-order valence-corrected chi connectivity index (χ1v) is 40.1. The number of quaternary nitrogens is 1. The van der Waals surface area contributed by atoms with Gasteiger partial charge >= 0.3 is 19.8 Å². The lowest BCUT2D eigenvalue weighted by Gasteiger charge is -2.24. The molecule has 0 aromatic carbocycles. The number of ether oxygens (including phenoxy) is 2. The molecule has 0 rings (SSSR count). The molecule has 0 amide bonds. The lowest BCUT2D eigenvalue weighted by atomic mass is 10.0. The van der Waals surface area contributed by atoms with E-state index in [0.717, 1.165) is 122 Å². The number of hydrogen-bond donors (Lipinski definition) is 1. The summed E-state index contributed by atoms with van der Waals surface area (Å²) in [5, 5.41) is 0. The molecule has 9 nitrogen and oxygen atoms in total. The molecule has 0 heterocycles. The fourth-order valence-electron chi connectivity index (χ4n) is 10.5. The lowest BCUT2D eigenvalue weighted by Crippen LogP contribution is -2.37. The van der Waals surface area contributed by atoms with Gasteiger partial charge in [0.2, 0.25) is 0 Å². The predicted octanol–water partition coefficient (Wildman–Crippen LogP) is 25.7. The number of allylic oxidation sites excluding steroid dienone is 24. The highest BCUT2D eigenvalue weighted by Crippen LogP contribution is 2.43. The SMILES string of the molecule is CC/C=C\C/C=C\C/C=C\C/C=C\C/C=C\C/C=C\C/C=C\C/C=C\C/C=C\C/C=C\C/C=C\CCCCCCCC(=O)OC(COC(=O)CCCCCCCCCCCCCCCCCCCCC/C=C\CCCCCCCCCC)COP(=O)(O)OCC[N+](C)(C)C. The molecule has 2 unspecified atom stereocenters. The first-order valence-electron chi connectivity index (χ1n) is 38.6. The van der Waals surface area contributed by atoms with Crippen molar-refractivity contribution in [2.24, 2.45) is 0 Å². The summed E-state index contributed by atoms with van der Waals surface area (Å²) in [6.07, 6.45) is 108. The fourth-order valence-corrected chi connectivity index (χ4v) is 11.2. The van der Waals surface area contributed by atoms with E-state index in [1.54, 1.807) is 0 Å². The van der Waals surface area contributed by atoms with Crippen LogP contribution in [0.25, 0.3) is 0 Å². The highest BCUT2D eigenvalue weighted by atomic mass is 31.2. The van der Waals surface area contributed by atoms with Crippen molar-refractivity contribution in [1.29, 1.82) is 0 Å². The molecule has 0 aliphatic carbocycles. The number of hydrogen-bond acceptors (Lipinski definition) is 7. The largest absolute Gasteiger partial charge is 0.472 e. The number of phosphoric ester groups is 1. The summed E-state index contributed by atoms with van der Waals surface area (Å²) in [5.74, 6) is -0.818. The highest BCUT2D eigenvalue weighted by molar-refractivity contribution is 7.47. The molecule has 0 aliphatic rings. The molecule has 94 heavy (non-hydrogen) atoms. The zero-order valence-electron chi connectivity index (χ0n) is 61.4. The maximum Gasteiger partial charge on any atom is 0.472 e. The van der Waals surface area contributed by atoms with Gasteiger partial charge in [0.1, 0.15) is 19.8 Å². The average Bonchev–Trinajstić information content (AvgIpc) is 1.56. The van der Waals surface area contributed by atoms with Gasteiger partial charge in [0.15, 0.2) is 6.10 Å². The van der Waals surface area contributed by atoms with Gasteiger partial charge in [0.05, 0.1) is 27.7 Å². The molecular formula is C84H145NO8P+. The van der Waals surface area contributed by atoms with Gasteiger partial charge in [-0.2, -0.15) is 0 Å². The molecule has 0 aromatic heterocycles. The van der Waals surface area contributed by atoms with Crippen LogP contribution >= 0.6 is 7.82 Å². The number of likely N-dealkylation sites (N-methyl/N-ethyl adjacent to an activating group) is 1. The van der Waals surface area contributed by atoms with Crippen LogP contribution in [0.4, 0.5) is 0 Å². The minimum Gasteiger partial charge on any atom is -0.462 e. The van der Waals surface area contributed by atoms with E-state index in [1.807, 2.05) is 21.1 Å². The zero-order valence-corrected chi connectivity index (χ0v) is 62.3. The van der Waals surface area contributed by atoms with Crippen LogP contribution in [-0.2, 0) is 32.7 Å². The van der Waals surface area contributed by atoms with Crippen molar-refractivity contribution >= 4 is 19.8 Å². The summed E-state index contributed by atoms with van der Waals surface area (Å²) in [7, 11) is 1.46. The summed E-state index contributed by atoms with van der Waals surface area (Å²) in [6.45, 7) is 4.32. The molecule has 0 saturated heterocycles. The highest BCUT2D eigenvalue weighted by Gasteiger charge is 2.27. The van der Waals surface area contributed by atoms with E-state index in [1.165, 1.54) is 167 Å². The van der Waals surface area contributed by atoms with Gasteiger partial charge in [0.25, 0.3) is 0 Å². The lowest BCUT2D eigenvalue weighted by molar-refractivity contribution is -0.870. The first kappa shape index (κ1) is 89.9. The van der Waals surface area contributed by atoms with Gasteiger partial charge in [-0.1, -0.05) is 333 Å². The standard InChI is InChI=1S/C84H144NO8P/c1-6-8-10-12-14-16-18-20-22-24-26-28-30-32-34-36-38-39-40-41-42-43-44-45-47-49-51-53-55-57-59-61-63-65-67-69-71-73-75-77-84(87)93-82(81-92-94(88,89)91-79-78-85(3,4)5)80-90-83(86)76-74-72-70-68-66-64-62-60-58-56-54-52-50-48-46-37-35-33-31-29-27-25-23-21-19-17-15-13-11-9-7-2/h8,10,14,16,20,22,25-28,32,34,38-39,41-42,44-45,49,51,55,57,61,63,82H,6-7,9,11-13,15,17-19,21,23-24,29-31,33,35-37,40,43,46-48,50,52-54,56,58-60,62,64-81H2,1-5H3/p+1/b10-8-,16-14-,22-20-,27-25-,28-26-,34-32-,39-38-,42-41-,45-44-,51-49-,57-55-,63-61-. The molecule has 538 valence electrons. The first-order chi connectivity index (χ1) is 46.0. The maximum atomic E-state index is 12.9. The van der Waals surface area contributed by atoms with Crippen molar-refractivity contribution < 1.29 is 42.1 Å². The Hall–Kier alpha value is -4.11. The van der Waals surface area contributed by atoms with E-state index in [-0.39, 0.29) is 32.0 Å². The number of nitrogens with zero attached hydrogens (tertiary/aromatic N) is 1. The van der Waals surface area contributed by atoms with E-state index >= 15 is 0 Å². The van der Waals surface area contributed by atoms with Crippen molar-refractivity contribution in [1.82, 2.24) is 0 Å². The number of carbonyl (C=O) groups is 2. The van der Waals surface area contributed by atoms with Crippen molar-refractivity contribution in [3.05, 3.63) is 146 Å². The Morgan fingerprint density at radius 3 is 0.915 bits per heavy atom. The van der Waals surface area contributed by atoms with Crippen molar-refractivity contribution in [2.75, 3.05) is 47.5 Å². The van der Waals surface area contributed by atoms with E-state index in [9.17, 15) is 19.0 Å². The monoisotopic (exact) mass is 1330 g/mol. The maximum absolute atomic E-state index is 12.9. The van der Waals surface area contributed by atoms with E-state index < -0.39 is 26.5 Å². The van der Waals surface area contributed by atoms with Crippen LogP contribution in [0.5, 0.6) is 0 Å². The van der Waals surface area contributed by atoms with E-state index in [4.69, 9.17) is 18.5 Å². The van der Waals surface area contributed by atoms with Crippen LogP contribution in [-0.4, -0.2) is 74.9 Å². The van der Waals surface area contributed by atoms with Crippen molar-refractivity contribution in [3.8, 4) is 0 Å². The van der Waals surface area contributed by atoms with Gasteiger partial charge in [-0.25, -0.2) is 4.57 Å². The summed E-state index contributed by atoms with van der Waals surface area (Å²) in [5.41, 5.74) is 0. The number of phosphoric acid groups is 1. The van der Waals surface area contributed by atoms with E-state index in [0.29, 0.717) is 17.4 Å². The van der Waals surface area contributed by atoms with Gasteiger partial charge in [-0.05, 0) is 122 Å². The van der Waals surface area contributed by atoms with Crippen LogP contribution < -0.4 is 0 Å². The van der Waals surface area contributed by atoms with Crippen LogP contribution in [0.3, 0.4) is 0 Å². The molecule has 1 N–H and O–H groups in total. The quantitative estimate of drug-likeness (QED) is 0.0211. The molecule has 0 aromatic rings. The summed E-state index contributed by atoms with van der Waals surface area (Å²) >= 11 is 0. The topological polar surface area (TPSA) is 108 Å². The Labute approximate surface area is 580 Å². The number of unbranched alkanes of at least 4 members (excludes halogenated alkanes) is 32. The molecule has 2 atom stereocenters. The Kier molecular flexibility index (Phi) is 69.9. The Balaban J connectivity index is 4.10. The molecule has 0 fully saturated rings. The number of rotatable bonds is 70. The van der Waals surface area contributed by atoms with Crippen LogP contribution in [0, 0.1) is 0 Å². The van der Waals surface area contributed by atoms with Crippen LogP contribution in [0.1, 0.15) is 322 Å². The molecular weight excluding hydrogens is 1180 g/mol. The Morgan fingerprint density at radius 2 is 0.606 bits per heavy atom. The van der Waals surface area contributed by atoms with Gasteiger partial charge in [-0.3, -0.25) is 18.6 Å². The second-order valence-corrected chi connectivity index (χ2v) is 28.1. The summed E-state index contributed by atoms with van der Waals surface area (Å²) in [6, 6.07) is 0. The number of esters is 2. The minimum absolute atomic E-state index is 0.0217. The average molecular weight is 1330 g/mol. The number of carbonyl (C=O) groups excluding carboxylic acids is 2. The molecule has 0 radical (unpaired) electrons. The second-order valence-electron chi connectivity index (χ2n) is 26.7.